The minimum absolute atomic E-state index is 0.0353. The normalized spacial score (nSPS) is 11.2. The topological polar surface area (TPSA) is 111 Å². The van der Waals surface area contributed by atoms with Crippen LogP contribution in [0.2, 0.25) is 5.02 Å². The zero-order chi connectivity index (χ0) is 22.7. The molecule has 11 heteroatoms. The van der Waals surface area contributed by atoms with Crippen molar-refractivity contribution in [2.75, 3.05) is 17.1 Å². The van der Waals surface area contributed by atoms with Crippen molar-refractivity contribution in [3.05, 3.63) is 77.8 Å². The van der Waals surface area contributed by atoms with E-state index in [-0.39, 0.29) is 9.92 Å². The molecule has 0 aliphatic rings. The van der Waals surface area contributed by atoms with E-state index in [0.29, 0.717) is 28.9 Å². The number of methoxy groups -OCH3 is 1. The summed E-state index contributed by atoms with van der Waals surface area (Å²) in [5.41, 5.74) is 1.13. The Hall–Kier alpha value is -3.63. The number of benzene rings is 2. The summed E-state index contributed by atoms with van der Waals surface area (Å²) in [5, 5.41) is 7.58. The van der Waals surface area contributed by atoms with Crippen LogP contribution in [0.4, 0.5) is 17.2 Å². The number of aromatic nitrogens is 4. The Morgan fingerprint density at radius 1 is 1.03 bits per heavy atom. The molecule has 0 saturated carbocycles. The summed E-state index contributed by atoms with van der Waals surface area (Å²) in [7, 11) is -2.35. The molecule has 164 valence electrons. The van der Waals surface area contributed by atoms with Gasteiger partial charge in [0.05, 0.1) is 17.0 Å². The molecule has 0 unspecified atom stereocenters. The highest BCUT2D eigenvalue weighted by molar-refractivity contribution is 7.92. The molecule has 0 aliphatic carbocycles. The van der Waals surface area contributed by atoms with Crippen LogP contribution in [-0.2, 0) is 10.0 Å². The van der Waals surface area contributed by atoms with Crippen molar-refractivity contribution in [2.24, 2.45) is 0 Å². The third-order valence-corrected chi connectivity index (χ3v) is 6.08. The second-order valence-corrected chi connectivity index (χ2v) is 8.80. The standard InChI is InChI=1S/C21H19ClN6O3S/c1-14-24-20(13-21(25-14)28-11-3-10-23-28)26-15-4-6-16(7-5-15)27-32(29,30)17-8-9-19(31-2)18(22)12-17/h3-13,27H,1-2H3,(H,24,25,26). The summed E-state index contributed by atoms with van der Waals surface area (Å²) in [6.45, 7) is 1.79. The first-order valence-electron chi connectivity index (χ1n) is 9.43. The average molecular weight is 471 g/mol. The molecule has 9 nitrogen and oxygen atoms in total. The highest BCUT2D eigenvalue weighted by atomic mass is 35.5. The molecule has 4 rings (SSSR count). The molecule has 4 aromatic rings. The predicted molar refractivity (Wildman–Crippen MR) is 122 cm³/mol. The van der Waals surface area contributed by atoms with Crippen LogP contribution in [-0.4, -0.2) is 35.3 Å². The molecule has 0 fully saturated rings. The fourth-order valence-electron chi connectivity index (χ4n) is 2.94. The average Bonchev–Trinajstić information content (AvgIpc) is 3.29. The zero-order valence-electron chi connectivity index (χ0n) is 17.2. The molecule has 32 heavy (non-hydrogen) atoms. The second-order valence-electron chi connectivity index (χ2n) is 6.71. The molecular formula is C21H19ClN6O3S. The van der Waals surface area contributed by atoms with E-state index in [1.54, 1.807) is 54.3 Å². The number of aryl methyl sites for hydroxylation is 1. The van der Waals surface area contributed by atoms with Gasteiger partial charge in [0, 0.05) is 29.8 Å². The Balaban J connectivity index is 1.50. The Morgan fingerprint density at radius 2 is 1.78 bits per heavy atom. The minimum atomic E-state index is -3.81. The van der Waals surface area contributed by atoms with Crippen LogP contribution in [0.3, 0.4) is 0 Å². The van der Waals surface area contributed by atoms with Gasteiger partial charge in [0.25, 0.3) is 10.0 Å². The zero-order valence-corrected chi connectivity index (χ0v) is 18.7. The van der Waals surface area contributed by atoms with Gasteiger partial charge < -0.3 is 10.1 Å². The number of ether oxygens (including phenoxy) is 1. The summed E-state index contributed by atoms with van der Waals surface area (Å²) < 4.78 is 34.6. The van der Waals surface area contributed by atoms with E-state index in [9.17, 15) is 8.42 Å². The maximum absolute atomic E-state index is 12.7. The molecule has 2 N–H and O–H groups in total. The third kappa shape index (κ3) is 4.82. The first kappa shape index (κ1) is 21.6. The van der Waals surface area contributed by atoms with Crippen molar-refractivity contribution in [3.63, 3.8) is 0 Å². The van der Waals surface area contributed by atoms with Crippen molar-refractivity contribution in [1.82, 2.24) is 19.7 Å². The Bertz CT molecular complexity index is 1340. The van der Waals surface area contributed by atoms with Gasteiger partial charge in [-0.15, -0.1) is 0 Å². The maximum atomic E-state index is 12.7. The van der Waals surface area contributed by atoms with Crippen LogP contribution in [0.15, 0.2) is 71.9 Å². The SMILES string of the molecule is COc1ccc(S(=O)(=O)Nc2ccc(Nc3cc(-n4cccn4)nc(C)n3)cc2)cc1Cl. The van der Waals surface area contributed by atoms with Crippen LogP contribution in [0, 0.1) is 6.92 Å². The summed E-state index contributed by atoms with van der Waals surface area (Å²) in [6.07, 6.45) is 3.46. The fourth-order valence-corrected chi connectivity index (χ4v) is 4.34. The number of nitrogens with zero attached hydrogens (tertiary/aromatic N) is 4. The molecule has 0 saturated heterocycles. The molecule has 0 bridgehead atoms. The molecule has 0 aliphatic heterocycles. The van der Waals surface area contributed by atoms with Crippen molar-refractivity contribution < 1.29 is 13.2 Å². The van der Waals surface area contributed by atoms with E-state index < -0.39 is 10.0 Å². The van der Waals surface area contributed by atoms with Crippen LogP contribution in [0.1, 0.15) is 5.82 Å². The molecular weight excluding hydrogens is 452 g/mol. The van der Waals surface area contributed by atoms with Gasteiger partial charge in [0.1, 0.15) is 17.4 Å². The van der Waals surface area contributed by atoms with E-state index in [1.807, 2.05) is 6.07 Å². The summed E-state index contributed by atoms with van der Waals surface area (Å²) in [5.74, 6) is 2.21. The van der Waals surface area contributed by atoms with Crippen LogP contribution in [0.5, 0.6) is 5.75 Å². The highest BCUT2D eigenvalue weighted by Gasteiger charge is 2.16. The molecule has 2 heterocycles. The Kier molecular flexibility index (Phi) is 5.97. The molecule has 0 atom stereocenters. The molecule has 2 aromatic carbocycles. The Morgan fingerprint density at radius 3 is 2.44 bits per heavy atom. The van der Waals surface area contributed by atoms with Crippen molar-refractivity contribution in [1.29, 1.82) is 0 Å². The summed E-state index contributed by atoms with van der Waals surface area (Å²) in [6, 6.07) is 14.6. The number of rotatable bonds is 7. The maximum Gasteiger partial charge on any atom is 0.261 e. The van der Waals surface area contributed by atoms with Crippen molar-refractivity contribution >= 4 is 38.8 Å². The second kappa shape index (κ2) is 8.85. The largest absolute Gasteiger partial charge is 0.495 e. The highest BCUT2D eigenvalue weighted by Crippen LogP contribution is 2.28. The number of anilines is 3. The van der Waals surface area contributed by atoms with Gasteiger partial charge in [0.15, 0.2) is 5.82 Å². The van der Waals surface area contributed by atoms with Gasteiger partial charge in [-0.2, -0.15) is 5.10 Å². The van der Waals surface area contributed by atoms with Crippen LogP contribution >= 0.6 is 11.6 Å². The van der Waals surface area contributed by atoms with Crippen LogP contribution < -0.4 is 14.8 Å². The van der Waals surface area contributed by atoms with Gasteiger partial charge in [-0.3, -0.25) is 4.72 Å². The minimum Gasteiger partial charge on any atom is -0.495 e. The number of halogens is 1. The first-order valence-corrected chi connectivity index (χ1v) is 11.3. The summed E-state index contributed by atoms with van der Waals surface area (Å²) >= 11 is 6.05. The lowest BCUT2D eigenvalue weighted by Gasteiger charge is -2.11. The smallest absolute Gasteiger partial charge is 0.261 e. The van der Waals surface area contributed by atoms with Crippen LogP contribution in [0.25, 0.3) is 5.82 Å². The third-order valence-electron chi connectivity index (χ3n) is 4.41. The van der Waals surface area contributed by atoms with E-state index in [2.05, 4.69) is 25.1 Å². The van der Waals surface area contributed by atoms with Gasteiger partial charge in [-0.25, -0.2) is 23.1 Å². The first-order chi connectivity index (χ1) is 15.3. The van der Waals surface area contributed by atoms with Gasteiger partial charge >= 0.3 is 0 Å². The monoisotopic (exact) mass is 470 g/mol. The quantitative estimate of drug-likeness (QED) is 0.416. The van der Waals surface area contributed by atoms with E-state index in [1.165, 1.54) is 25.3 Å². The van der Waals surface area contributed by atoms with Gasteiger partial charge in [-0.1, -0.05) is 11.6 Å². The Labute approximate surface area is 190 Å². The molecule has 0 spiro atoms. The molecule has 0 radical (unpaired) electrons. The van der Waals surface area contributed by atoms with E-state index in [4.69, 9.17) is 16.3 Å². The number of nitrogens with one attached hydrogen (secondary N) is 2. The molecule has 2 aromatic heterocycles. The van der Waals surface area contributed by atoms with E-state index in [0.717, 1.165) is 5.69 Å². The lowest BCUT2D eigenvalue weighted by Crippen LogP contribution is -2.13. The fraction of sp³-hybridized carbons (Fsp3) is 0.0952. The van der Waals surface area contributed by atoms with E-state index >= 15 is 0 Å². The predicted octanol–water partition coefficient (Wildman–Crippen LogP) is 4.18. The number of sulfonamides is 1. The number of hydrogen-bond donors (Lipinski definition) is 2. The lowest BCUT2D eigenvalue weighted by atomic mass is 10.3. The van der Waals surface area contributed by atoms with Crippen molar-refractivity contribution in [2.45, 2.75) is 11.8 Å². The van der Waals surface area contributed by atoms with Gasteiger partial charge in [-0.05, 0) is 55.5 Å². The van der Waals surface area contributed by atoms with Gasteiger partial charge in [0.2, 0.25) is 0 Å². The lowest BCUT2D eigenvalue weighted by molar-refractivity contribution is 0.414. The number of hydrogen-bond acceptors (Lipinski definition) is 7. The summed E-state index contributed by atoms with van der Waals surface area (Å²) in [4.78, 5) is 8.79. The molecule has 0 amide bonds. The van der Waals surface area contributed by atoms with Crippen molar-refractivity contribution in [3.8, 4) is 11.6 Å².